The van der Waals surface area contributed by atoms with E-state index in [1.165, 1.54) is 16.5 Å². The van der Waals surface area contributed by atoms with Gasteiger partial charge in [0.05, 0.1) is 6.04 Å². The summed E-state index contributed by atoms with van der Waals surface area (Å²) in [5.74, 6) is -0.325. The molecular formula is C20H22N2O2. The van der Waals surface area contributed by atoms with Gasteiger partial charge in [0.25, 0.3) is 0 Å². The van der Waals surface area contributed by atoms with Crippen molar-refractivity contribution < 1.29 is 9.90 Å². The molecule has 0 amide bonds. The average Bonchev–Trinajstić information content (AvgIpc) is 2.94. The van der Waals surface area contributed by atoms with Crippen molar-refractivity contribution in [2.45, 2.75) is 37.6 Å². The third kappa shape index (κ3) is 1.59. The molecule has 2 N–H and O–H groups in total. The molecule has 3 aliphatic heterocycles. The largest absolute Gasteiger partial charge is 0.480 e. The number of fused-ring (bicyclic) bond motifs is 3. The van der Waals surface area contributed by atoms with Gasteiger partial charge in [-0.1, -0.05) is 36.8 Å². The van der Waals surface area contributed by atoms with E-state index in [-0.39, 0.29) is 6.04 Å². The summed E-state index contributed by atoms with van der Waals surface area (Å²) in [5, 5.41) is 11.6. The molecule has 4 heteroatoms. The van der Waals surface area contributed by atoms with Gasteiger partial charge in [-0.25, -0.2) is 0 Å². The molecule has 1 saturated heterocycles. The Kier molecular flexibility index (Phi) is 2.82. The number of nitrogens with one attached hydrogen (secondary N) is 1. The Morgan fingerprint density at radius 1 is 1.42 bits per heavy atom. The number of hydrogen-bond acceptors (Lipinski definition) is 2. The lowest BCUT2D eigenvalue weighted by molar-refractivity contribution is -0.150. The maximum Gasteiger partial charge on any atom is 0.317 e. The van der Waals surface area contributed by atoms with Gasteiger partial charge in [-0.3, -0.25) is 9.69 Å². The lowest BCUT2D eigenvalue weighted by atomic mass is 9.60. The number of carboxylic acids is 1. The van der Waals surface area contributed by atoms with Crippen molar-refractivity contribution >= 4 is 16.9 Å². The molecule has 1 aromatic heterocycles. The number of hydrogen-bond donors (Lipinski definition) is 2. The van der Waals surface area contributed by atoms with Crippen molar-refractivity contribution in [1.29, 1.82) is 0 Å². The molecule has 2 aromatic rings. The highest BCUT2D eigenvalue weighted by Gasteiger charge is 2.59. The Morgan fingerprint density at radius 3 is 3.04 bits per heavy atom. The first-order valence-corrected chi connectivity index (χ1v) is 8.93. The number of aromatic amines is 1. The molecule has 4 atom stereocenters. The Labute approximate surface area is 141 Å². The molecule has 4 nitrogen and oxygen atoms in total. The van der Waals surface area contributed by atoms with Crippen LogP contribution < -0.4 is 0 Å². The molecular weight excluding hydrogens is 300 g/mol. The number of piperidine rings is 1. The van der Waals surface area contributed by atoms with Crippen LogP contribution in [0.4, 0.5) is 0 Å². The fraction of sp³-hybridized carbons (Fsp3) is 0.450. The van der Waals surface area contributed by atoms with E-state index in [2.05, 4.69) is 35.0 Å². The number of aliphatic carboxylic acids is 1. The second-order valence-corrected chi connectivity index (χ2v) is 7.51. The predicted molar refractivity (Wildman–Crippen MR) is 93.2 cm³/mol. The van der Waals surface area contributed by atoms with Crippen LogP contribution in [0, 0.1) is 5.92 Å². The maximum absolute atomic E-state index is 12.7. The van der Waals surface area contributed by atoms with Gasteiger partial charge < -0.3 is 10.1 Å². The van der Waals surface area contributed by atoms with Gasteiger partial charge in [-0.2, -0.15) is 0 Å². The first-order valence-electron chi connectivity index (χ1n) is 8.93. The highest BCUT2D eigenvalue weighted by atomic mass is 16.4. The minimum atomic E-state index is -0.826. The third-order valence-electron chi connectivity index (χ3n) is 6.38. The summed E-state index contributed by atoms with van der Waals surface area (Å²) in [6.45, 7) is 4.11. The van der Waals surface area contributed by atoms with Crippen LogP contribution >= 0.6 is 0 Å². The van der Waals surface area contributed by atoms with Gasteiger partial charge in [0, 0.05) is 29.7 Å². The topological polar surface area (TPSA) is 56.3 Å². The van der Waals surface area contributed by atoms with Crippen LogP contribution in [0.2, 0.25) is 0 Å². The highest BCUT2D eigenvalue weighted by molar-refractivity contribution is 5.91. The lowest BCUT2D eigenvalue weighted by Gasteiger charge is -2.53. The third-order valence-corrected chi connectivity index (χ3v) is 6.38. The van der Waals surface area contributed by atoms with Crippen molar-refractivity contribution in [2.75, 3.05) is 13.1 Å². The van der Waals surface area contributed by atoms with Crippen molar-refractivity contribution in [2.24, 2.45) is 5.92 Å². The first kappa shape index (κ1) is 14.3. The molecule has 1 fully saturated rings. The predicted octanol–water partition coefficient (Wildman–Crippen LogP) is 3.09. The Balaban J connectivity index is 1.84. The quantitative estimate of drug-likeness (QED) is 0.836. The highest BCUT2D eigenvalue weighted by Crippen LogP contribution is 2.52. The van der Waals surface area contributed by atoms with E-state index in [0.29, 0.717) is 12.3 Å². The van der Waals surface area contributed by atoms with Crippen molar-refractivity contribution in [3.8, 4) is 0 Å². The summed E-state index contributed by atoms with van der Waals surface area (Å²) in [7, 11) is 0. The molecule has 24 heavy (non-hydrogen) atoms. The van der Waals surface area contributed by atoms with E-state index < -0.39 is 11.4 Å². The second kappa shape index (κ2) is 4.73. The Morgan fingerprint density at radius 2 is 2.25 bits per heavy atom. The molecule has 0 radical (unpaired) electrons. The first-order chi connectivity index (χ1) is 11.6. The number of rotatable bonds is 2. The molecule has 124 valence electrons. The van der Waals surface area contributed by atoms with Crippen LogP contribution in [0.5, 0.6) is 0 Å². The van der Waals surface area contributed by atoms with Gasteiger partial charge in [0.2, 0.25) is 0 Å². The minimum absolute atomic E-state index is 0.000637. The molecule has 4 aliphatic rings. The van der Waals surface area contributed by atoms with Gasteiger partial charge in [0.15, 0.2) is 0 Å². The molecule has 0 spiro atoms. The van der Waals surface area contributed by atoms with E-state index in [9.17, 15) is 9.90 Å². The molecule has 4 bridgehead atoms. The standard InChI is InChI=1S/C20H22N2O2/c1-2-13-9-12-10-20(19(23)24)17-15(7-8-22(11-12)18(13)20)14-5-3-4-6-16(14)21-17/h3-6,9,12,18,21H,2,7-8,10-11H2,1H3,(H,23,24)/t12-,18-,20-/m0/s1. The van der Waals surface area contributed by atoms with E-state index in [0.717, 1.165) is 37.1 Å². The number of para-hydroxylation sites is 1. The number of nitrogens with zero attached hydrogens (tertiary/aromatic N) is 1. The summed E-state index contributed by atoms with van der Waals surface area (Å²) in [6.07, 6.45) is 4.93. The zero-order valence-corrected chi connectivity index (χ0v) is 13.9. The minimum Gasteiger partial charge on any atom is -0.480 e. The lowest BCUT2D eigenvalue weighted by Crippen LogP contribution is -2.63. The fourth-order valence-corrected chi connectivity index (χ4v) is 5.54. The van der Waals surface area contributed by atoms with Crippen molar-refractivity contribution in [3.63, 3.8) is 0 Å². The summed E-state index contributed by atoms with van der Waals surface area (Å²) in [6, 6.07) is 8.25. The van der Waals surface area contributed by atoms with Crippen LogP contribution in [0.1, 0.15) is 31.0 Å². The summed E-state index contributed by atoms with van der Waals surface area (Å²) >= 11 is 0. The number of carbonyl (C=O) groups is 1. The normalized spacial score (nSPS) is 33.9. The molecule has 1 aliphatic carbocycles. The van der Waals surface area contributed by atoms with Gasteiger partial charge in [-0.05, 0) is 36.8 Å². The number of benzene rings is 1. The SMILES string of the molecule is CCC1=C[C@@H]2CN3CCc4c([nH]c5ccccc45)[C@@](C(=O)O)(C2)[C@H]13. The fourth-order valence-electron chi connectivity index (χ4n) is 5.54. The molecule has 6 rings (SSSR count). The second-order valence-electron chi connectivity index (χ2n) is 7.51. The van der Waals surface area contributed by atoms with E-state index in [4.69, 9.17) is 0 Å². The molecule has 1 unspecified atom stereocenters. The van der Waals surface area contributed by atoms with Crippen LogP contribution in [0.15, 0.2) is 35.9 Å². The number of carboxylic acid groups (broad SMARTS) is 1. The average molecular weight is 322 g/mol. The summed E-state index contributed by atoms with van der Waals surface area (Å²) < 4.78 is 0. The van der Waals surface area contributed by atoms with Gasteiger partial charge in [-0.15, -0.1) is 0 Å². The number of aromatic nitrogens is 1. The summed E-state index contributed by atoms with van der Waals surface area (Å²) in [4.78, 5) is 18.6. The van der Waals surface area contributed by atoms with Crippen LogP contribution in [-0.2, 0) is 16.6 Å². The van der Waals surface area contributed by atoms with E-state index >= 15 is 0 Å². The molecule has 1 aromatic carbocycles. The van der Waals surface area contributed by atoms with Crippen LogP contribution in [-0.4, -0.2) is 40.1 Å². The van der Waals surface area contributed by atoms with Crippen molar-refractivity contribution in [3.05, 3.63) is 47.2 Å². The maximum atomic E-state index is 12.7. The Hall–Kier alpha value is -2.07. The van der Waals surface area contributed by atoms with Crippen molar-refractivity contribution in [1.82, 2.24) is 9.88 Å². The number of H-pyrrole nitrogens is 1. The zero-order chi connectivity index (χ0) is 16.5. The Bertz CT molecular complexity index is 881. The molecule has 0 saturated carbocycles. The monoisotopic (exact) mass is 322 g/mol. The van der Waals surface area contributed by atoms with E-state index in [1.807, 2.05) is 12.1 Å². The van der Waals surface area contributed by atoms with Crippen LogP contribution in [0.3, 0.4) is 0 Å². The molecule has 4 heterocycles. The summed E-state index contributed by atoms with van der Waals surface area (Å²) in [5.41, 5.74) is 3.74. The van der Waals surface area contributed by atoms with Gasteiger partial charge in [0.1, 0.15) is 5.41 Å². The van der Waals surface area contributed by atoms with E-state index in [1.54, 1.807) is 0 Å². The van der Waals surface area contributed by atoms with Crippen LogP contribution in [0.25, 0.3) is 10.9 Å². The zero-order valence-electron chi connectivity index (χ0n) is 13.9. The van der Waals surface area contributed by atoms with Gasteiger partial charge >= 0.3 is 5.97 Å². The smallest absolute Gasteiger partial charge is 0.317 e.